The van der Waals surface area contributed by atoms with E-state index in [-0.39, 0.29) is 82.6 Å². The van der Waals surface area contributed by atoms with Gasteiger partial charge in [-0.15, -0.1) is 0 Å². The molecule has 0 unspecified atom stereocenters. The van der Waals surface area contributed by atoms with E-state index >= 15 is 0 Å². The molecule has 1 saturated heterocycles. The molecule has 7 nitrogen and oxygen atoms in total. The van der Waals surface area contributed by atoms with Crippen LogP contribution in [0.2, 0.25) is 0 Å². The number of carbonyl (C=O) groups excluding carboxylic acids is 1. The van der Waals surface area contributed by atoms with Gasteiger partial charge < -0.3 is 20.4 Å². The average molecular weight is 406 g/mol. The molecular weight excluding hydrogens is 382 g/mol. The van der Waals surface area contributed by atoms with Crippen molar-refractivity contribution in [3.8, 4) is 0 Å². The van der Waals surface area contributed by atoms with Gasteiger partial charge in [-0.25, -0.2) is 9.59 Å². The minimum Gasteiger partial charge on any atom is -0.478 e. The fourth-order valence-electron chi connectivity index (χ4n) is 3.03. The van der Waals surface area contributed by atoms with Crippen molar-refractivity contribution in [2.75, 3.05) is 26.2 Å². The van der Waals surface area contributed by atoms with Gasteiger partial charge in [-0.2, -0.15) is 0 Å². The van der Waals surface area contributed by atoms with Gasteiger partial charge in [0.1, 0.15) is 0 Å². The Bertz CT molecular complexity index is 726. The molecule has 1 aliphatic rings. The van der Waals surface area contributed by atoms with Gasteiger partial charge in [0, 0.05) is 97.3 Å². The van der Waals surface area contributed by atoms with E-state index in [4.69, 9.17) is 0 Å². The number of aliphatic carboxylic acids is 2. The Kier molecular flexibility index (Phi) is 12.5. The van der Waals surface area contributed by atoms with Crippen molar-refractivity contribution < 1.29 is 24.6 Å². The van der Waals surface area contributed by atoms with E-state index < -0.39 is 17.9 Å². The predicted molar refractivity (Wildman–Crippen MR) is 108 cm³/mol. The third-order valence-electron chi connectivity index (χ3n) is 4.38. The number of hydrogen-bond acceptors (Lipinski definition) is 4. The Balaban J connectivity index is 0.00000364. The fourth-order valence-corrected chi connectivity index (χ4v) is 3.03. The van der Waals surface area contributed by atoms with Crippen LogP contribution in [0.3, 0.4) is 0 Å². The van der Waals surface area contributed by atoms with Crippen molar-refractivity contribution in [3.63, 3.8) is 0 Å². The number of benzene rings is 1. The fraction of sp³-hybridized carbons (Fsp3) is 0.421. The van der Waals surface area contributed by atoms with E-state index in [1.54, 1.807) is 43.0 Å². The quantitative estimate of drug-likeness (QED) is 0.473. The van der Waals surface area contributed by atoms with Crippen molar-refractivity contribution in [1.29, 1.82) is 0 Å². The summed E-state index contributed by atoms with van der Waals surface area (Å²) in [6.45, 7) is 6.16. The van der Waals surface area contributed by atoms with Gasteiger partial charge in [0.15, 0.2) is 0 Å². The minimum absolute atomic E-state index is 0. The Morgan fingerprint density at radius 1 is 1.00 bits per heavy atom. The summed E-state index contributed by atoms with van der Waals surface area (Å²) >= 11 is 0. The smallest absolute Gasteiger partial charge is 0.332 e. The van der Waals surface area contributed by atoms with Crippen molar-refractivity contribution in [1.82, 2.24) is 10.2 Å². The van der Waals surface area contributed by atoms with E-state index in [0.29, 0.717) is 24.2 Å². The van der Waals surface area contributed by atoms with Crippen LogP contribution in [0.4, 0.5) is 0 Å². The van der Waals surface area contributed by atoms with Crippen molar-refractivity contribution >= 4 is 77.0 Å². The normalized spacial score (nSPS) is 14.5. The molecular formula is C19H24N2Na2O5. The average Bonchev–Trinajstić information content (AvgIpc) is 2.61. The summed E-state index contributed by atoms with van der Waals surface area (Å²) in [6, 6.07) is 6.68. The molecule has 9 heteroatoms. The third kappa shape index (κ3) is 7.30. The predicted octanol–water partition coefficient (Wildman–Crippen LogP) is 0.635. The van der Waals surface area contributed by atoms with E-state index in [9.17, 15) is 24.6 Å². The molecule has 0 aliphatic carbocycles. The van der Waals surface area contributed by atoms with E-state index in [1.165, 1.54) is 0 Å². The van der Waals surface area contributed by atoms with Crippen LogP contribution in [0.1, 0.15) is 29.8 Å². The number of carboxylic acid groups (broad SMARTS) is 2. The van der Waals surface area contributed by atoms with Crippen LogP contribution in [0, 0.1) is 5.92 Å². The summed E-state index contributed by atoms with van der Waals surface area (Å²) in [7, 11) is 0. The molecule has 1 amide bonds. The first-order valence-electron chi connectivity index (χ1n) is 8.59. The first kappa shape index (κ1) is 27.3. The van der Waals surface area contributed by atoms with Gasteiger partial charge in [0.25, 0.3) is 5.91 Å². The first-order chi connectivity index (χ1) is 12.3. The molecule has 1 heterocycles. The van der Waals surface area contributed by atoms with E-state index in [1.807, 2.05) is 0 Å². The molecule has 142 valence electrons. The van der Waals surface area contributed by atoms with Gasteiger partial charge in [-0.3, -0.25) is 4.79 Å². The molecule has 0 spiro atoms. The van der Waals surface area contributed by atoms with Crippen LogP contribution in [0.25, 0.3) is 0 Å². The summed E-state index contributed by atoms with van der Waals surface area (Å²) in [5.41, 5.74) is 0.963. The van der Waals surface area contributed by atoms with Crippen LogP contribution in [0.5, 0.6) is 0 Å². The Hall–Kier alpha value is -0.670. The second kappa shape index (κ2) is 12.8. The number of nitrogens with one attached hydrogen (secondary N) is 1. The van der Waals surface area contributed by atoms with Gasteiger partial charge in [-0.1, -0.05) is 26.0 Å². The maximum atomic E-state index is 12.4. The number of amides is 1. The van der Waals surface area contributed by atoms with Crippen molar-refractivity contribution in [2.24, 2.45) is 5.92 Å². The number of piperazine rings is 1. The molecule has 28 heavy (non-hydrogen) atoms. The third-order valence-corrected chi connectivity index (χ3v) is 4.38. The van der Waals surface area contributed by atoms with Crippen LogP contribution < -0.4 is 5.32 Å². The van der Waals surface area contributed by atoms with Gasteiger partial charge in [0.05, 0.1) is 11.1 Å². The standard InChI is InChI=1S/C19H24N2O5.2Na/c1-12(2)16(19(25)26)15(18(23)24)11-13-3-5-14(6-4-13)17(22)21-9-7-20-8-10-21;;/h3-6,12,20H,7-11H2,1-2H3,(H,23,24)(H,25,26);;/b16-15-;;. The first-order valence-corrected chi connectivity index (χ1v) is 8.59. The maximum absolute atomic E-state index is 12.4. The molecule has 0 aromatic heterocycles. The number of carbonyl (C=O) groups is 3. The summed E-state index contributed by atoms with van der Waals surface area (Å²) < 4.78 is 0. The number of carboxylic acids is 2. The summed E-state index contributed by atoms with van der Waals surface area (Å²) in [5, 5.41) is 21.9. The van der Waals surface area contributed by atoms with Gasteiger partial charge in [-0.05, 0) is 23.6 Å². The zero-order valence-corrected chi connectivity index (χ0v) is 21.0. The van der Waals surface area contributed by atoms with E-state index in [0.717, 1.165) is 13.1 Å². The largest absolute Gasteiger partial charge is 0.478 e. The SMILES string of the molecule is CC(C)/C(C(=O)O)=C(\Cc1ccc(C(=O)N2CCNCC2)cc1)C(=O)O.[Na].[Na]. The number of hydrogen-bond donors (Lipinski definition) is 3. The zero-order valence-electron chi connectivity index (χ0n) is 17.0. The molecule has 0 saturated carbocycles. The molecule has 2 rings (SSSR count). The topological polar surface area (TPSA) is 107 Å². The zero-order chi connectivity index (χ0) is 19.3. The van der Waals surface area contributed by atoms with E-state index in [2.05, 4.69) is 5.32 Å². The maximum Gasteiger partial charge on any atom is 0.332 e. The Morgan fingerprint density at radius 2 is 1.54 bits per heavy atom. The molecule has 1 aliphatic heterocycles. The van der Waals surface area contributed by atoms with Crippen LogP contribution >= 0.6 is 0 Å². The van der Waals surface area contributed by atoms with Crippen LogP contribution in [-0.2, 0) is 16.0 Å². The second-order valence-electron chi connectivity index (χ2n) is 6.57. The Morgan fingerprint density at radius 3 is 1.96 bits per heavy atom. The second-order valence-corrected chi connectivity index (χ2v) is 6.57. The summed E-state index contributed by atoms with van der Waals surface area (Å²) in [5.74, 6) is -2.92. The van der Waals surface area contributed by atoms with Gasteiger partial charge in [0.2, 0.25) is 0 Å². The Labute approximate surface area is 209 Å². The molecule has 1 aromatic rings. The van der Waals surface area contributed by atoms with Crippen LogP contribution in [-0.4, -0.2) is 118 Å². The number of nitrogens with zero attached hydrogens (tertiary/aromatic N) is 1. The molecule has 1 fully saturated rings. The molecule has 0 atom stereocenters. The van der Waals surface area contributed by atoms with Gasteiger partial charge >= 0.3 is 11.9 Å². The van der Waals surface area contributed by atoms with Crippen LogP contribution in [0.15, 0.2) is 35.4 Å². The minimum atomic E-state index is -1.24. The molecule has 1 aromatic carbocycles. The van der Waals surface area contributed by atoms with Crippen molar-refractivity contribution in [2.45, 2.75) is 20.3 Å². The number of rotatable bonds is 6. The molecule has 2 radical (unpaired) electrons. The summed E-state index contributed by atoms with van der Waals surface area (Å²) in [6.07, 6.45) is -0.00273. The molecule has 3 N–H and O–H groups in total. The summed E-state index contributed by atoms with van der Waals surface area (Å²) in [4.78, 5) is 37.2. The molecule has 0 bridgehead atoms. The van der Waals surface area contributed by atoms with Crippen molar-refractivity contribution in [3.05, 3.63) is 46.5 Å². The monoisotopic (exact) mass is 406 g/mol.